The lowest BCUT2D eigenvalue weighted by Crippen LogP contribution is -1.82. The van der Waals surface area contributed by atoms with Gasteiger partial charge >= 0.3 is 0 Å². The third-order valence-corrected chi connectivity index (χ3v) is 2.43. The van der Waals surface area contributed by atoms with Crippen molar-refractivity contribution >= 4 is 27.0 Å². The zero-order chi connectivity index (χ0) is 8.55. The second kappa shape index (κ2) is 2.86. The van der Waals surface area contributed by atoms with E-state index in [-0.39, 0.29) is 0 Å². The highest BCUT2D eigenvalue weighted by Gasteiger charge is 2.03. The minimum Gasteiger partial charge on any atom is -0.269 e. The van der Waals surface area contributed by atoms with Crippen LogP contribution >= 0.6 is 15.9 Å². The molecule has 2 rings (SSSR count). The molecule has 0 radical (unpaired) electrons. The van der Waals surface area contributed by atoms with Crippen LogP contribution < -0.4 is 0 Å². The van der Waals surface area contributed by atoms with E-state index in [1.165, 1.54) is 5.56 Å². The highest BCUT2D eigenvalue weighted by Crippen LogP contribution is 2.19. The number of pyridine rings is 1. The van der Waals surface area contributed by atoms with E-state index >= 15 is 0 Å². The average Bonchev–Trinajstić information content (AvgIpc) is 2.47. The number of rotatable bonds is 1. The highest BCUT2D eigenvalue weighted by molar-refractivity contribution is 9.10. The number of hydrogen-bond donors (Lipinski definition) is 1. The Labute approximate surface area is 78.3 Å². The molecule has 0 amide bonds. The molecule has 0 saturated carbocycles. The normalized spacial score (nSPS) is 10.8. The molecule has 2 aromatic rings. The van der Waals surface area contributed by atoms with Crippen molar-refractivity contribution in [3.63, 3.8) is 0 Å². The number of halogens is 1. The van der Waals surface area contributed by atoms with Gasteiger partial charge in [0, 0.05) is 6.20 Å². The monoisotopic (exact) mass is 225 g/mol. The topological polar surface area (TPSA) is 41.6 Å². The van der Waals surface area contributed by atoms with Crippen molar-refractivity contribution < 1.29 is 0 Å². The van der Waals surface area contributed by atoms with Crippen LogP contribution in [0, 0.1) is 0 Å². The Balaban J connectivity index is 2.71. The van der Waals surface area contributed by atoms with Crippen LogP contribution in [0.1, 0.15) is 12.5 Å². The predicted octanol–water partition coefficient (Wildman–Crippen LogP) is 2.28. The molecule has 3 nitrogen and oxygen atoms in total. The first kappa shape index (κ1) is 7.73. The first-order valence-corrected chi connectivity index (χ1v) is 4.59. The Hall–Kier alpha value is -0.900. The van der Waals surface area contributed by atoms with E-state index in [9.17, 15) is 0 Å². The Morgan fingerprint density at radius 3 is 3.17 bits per heavy atom. The van der Waals surface area contributed by atoms with E-state index in [1.54, 1.807) is 0 Å². The van der Waals surface area contributed by atoms with E-state index in [0.717, 1.165) is 22.1 Å². The van der Waals surface area contributed by atoms with E-state index in [4.69, 9.17) is 0 Å². The molecule has 0 unspecified atom stereocenters. The van der Waals surface area contributed by atoms with Crippen LogP contribution in [0.15, 0.2) is 16.9 Å². The molecule has 0 aliphatic rings. The Bertz CT molecular complexity index is 408. The lowest BCUT2D eigenvalue weighted by atomic mass is 10.2. The van der Waals surface area contributed by atoms with Crippen molar-refractivity contribution in [1.82, 2.24) is 15.2 Å². The van der Waals surface area contributed by atoms with Crippen LogP contribution in [0.3, 0.4) is 0 Å². The average molecular weight is 226 g/mol. The summed E-state index contributed by atoms with van der Waals surface area (Å²) in [4.78, 5) is 4.20. The SMILES string of the molecule is CCc1cnc2n[nH]c(Br)c2c1. The van der Waals surface area contributed by atoms with Crippen LogP contribution in [0.4, 0.5) is 0 Å². The van der Waals surface area contributed by atoms with Crippen LogP contribution in [0.25, 0.3) is 11.0 Å². The second-order valence-electron chi connectivity index (χ2n) is 2.61. The van der Waals surface area contributed by atoms with Gasteiger partial charge in [-0.2, -0.15) is 5.10 Å². The van der Waals surface area contributed by atoms with Gasteiger partial charge in [-0.25, -0.2) is 4.98 Å². The van der Waals surface area contributed by atoms with Gasteiger partial charge in [0.15, 0.2) is 5.65 Å². The smallest absolute Gasteiger partial charge is 0.182 e. The van der Waals surface area contributed by atoms with Crippen molar-refractivity contribution in [2.45, 2.75) is 13.3 Å². The molecular formula is C8H8BrN3. The third kappa shape index (κ3) is 1.12. The largest absolute Gasteiger partial charge is 0.269 e. The molecule has 0 aliphatic carbocycles. The number of aromatic amines is 1. The summed E-state index contributed by atoms with van der Waals surface area (Å²) in [5.74, 6) is 0. The molecule has 0 bridgehead atoms. The molecule has 0 spiro atoms. The molecule has 0 aliphatic heterocycles. The van der Waals surface area contributed by atoms with Crippen LogP contribution in [0.2, 0.25) is 0 Å². The summed E-state index contributed by atoms with van der Waals surface area (Å²) in [6.07, 6.45) is 2.86. The van der Waals surface area contributed by atoms with Gasteiger partial charge < -0.3 is 0 Å². The minimum absolute atomic E-state index is 0.763. The van der Waals surface area contributed by atoms with Gasteiger partial charge in [0.1, 0.15) is 4.60 Å². The molecule has 1 N–H and O–H groups in total. The van der Waals surface area contributed by atoms with Gasteiger partial charge in [0.2, 0.25) is 0 Å². The standard InChI is InChI=1S/C8H8BrN3/c1-2-5-3-6-7(9)11-12-8(6)10-4-5/h3-4H,2H2,1H3,(H,10,11,12). The summed E-state index contributed by atoms with van der Waals surface area (Å²) in [6.45, 7) is 2.11. The Morgan fingerprint density at radius 2 is 2.42 bits per heavy atom. The van der Waals surface area contributed by atoms with Gasteiger partial charge in [-0.05, 0) is 34.0 Å². The third-order valence-electron chi connectivity index (χ3n) is 1.83. The fourth-order valence-corrected chi connectivity index (χ4v) is 1.49. The zero-order valence-electron chi connectivity index (χ0n) is 6.63. The number of aryl methyl sites for hydroxylation is 1. The summed E-state index contributed by atoms with van der Waals surface area (Å²) >= 11 is 3.37. The molecule has 12 heavy (non-hydrogen) atoms. The van der Waals surface area contributed by atoms with Crippen LogP contribution in [0.5, 0.6) is 0 Å². The number of H-pyrrole nitrogens is 1. The summed E-state index contributed by atoms with van der Waals surface area (Å²) in [7, 11) is 0. The number of aromatic nitrogens is 3. The quantitative estimate of drug-likeness (QED) is 0.810. The molecule has 62 valence electrons. The Kier molecular flexibility index (Phi) is 1.84. The van der Waals surface area contributed by atoms with Gasteiger partial charge in [0.05, 0.1) is 5.39 Å². The van der Waals surface area contributed by atoms with Crippen molar-refractivity contribution in [2.75, 3.05) is 0 Å². The lowest BCUT2D eigenvalue weighted by Gasteiger charge is -1.93. The molecule has 0 aromatic carbocycles. The van der Waals surface area contributed by atoms with Crippen molar-refractivity contribution in [2.24, 2.45) is 0 Å². The molecular weight excluding hydrogens is 218 g/mol. The summed E-state index contributed by atoms with van der Waals surface area (Å²) < 4.78 is 0.903. The van der Waals surface area contributed by atoms with Crippen molar-refractivity contribution in [3.05, 3.63) is 22.4 Å². The number of hydrogen-bond acceptors (Lipinski definition) is 2. The first-order chi connectivity index (χ1) is 5.81. The molecule has 4 heteroatoms. The van der Waals surface area contributed by atoms with Gasteiger partial charge in [0.25, 0.3) is 0 Å². The van der Waals surface area contributed by atoms with Crippen molar-refractivity contribution in [1.29, 1.82) is 0 Å². The maximum Gasteiger partial charge on any atom is 0.182 e. The lowest BCUT2D eigenvalue weighted by molar-refractivity contribution is 1.07. The minimum atomic E-state index is 0.763. The molecule has 0 fully saturated rings. The molecule has 2 aromatic heterocycles. The predicted molar refractivity (Wildman–Crippen MR) is 51.0 cm³/mol. The maximum atomic E-state index is 4.20. The van der Waals surface area contributed by atoms with Gasteiger partial charge in [-0.15, -0.1) is 0 Å². The van der Waals surface area contributed by atoms with Crippen LogP contribution in [-0.2, 0) is 6.42 Å². The number of fused-ring (bicyclic) bond motifs is 1. The summed E-state index contributed by atoms with van der Waals surface area (Å²) in [6, 6.07) is 2.09. The summed E-state index contributed by atoms with van der Waals surface area (Å²) in [5, 5.41) is 7.89. The van der Waals surface area contributed by atoms with Gasteiger partial charge in [-0.3, -0.25) is 5.10 Å². The molecule has 2 heterocycles. The van der Waals surface area contributed by atoms with E-state index in [1.807, 2.05) is 6.20 Å². The first-order valence-electron chi connectivity index (χ1n) is 3.79. The number of nitrogens with zero attached hydrogens (tertiary/aromatic N) is 2. The van der Waals surface area contributed by atoms with Crippen molar-refractivity contribution in [3.8, 4) is 0 Å². The van der Waals surface area contributed by atoms with E-state index < -0.39 is 0 Å². The maximum absolute atomic E-state index is 4.20. The fourth-order valence-electron chi connectivity index (χ4n) is 1.11. The Morgan fingerprint density at radius 1 is 1.58 bits per heavy atom. The fraction of sp³-hybridized carbons (Fsp3) is 0.250. The van der Waals surface area contributed by atoms with Gasteiger partial charge in [-0.1, -0.05) is 6.92 Å². The zero-order valence-corrected chi connectivity index (χ0v) is 8.22. The molecule has 0 atom stereocenters. The second-order valence-corrected chi connectivity index (χ2v) is 3.40. The van der Waals surface area contributed by atoms with E-state index in [0.29, 0.717) is 0 Å². The summed E-state index contributed by atoms with van der Waals surface area (Å²) in [5.41, 5.74) is 1.99. The van der Waals surface area contributed by atoms with Crippen LogP contribution in [-0.4, -0.2) is 15.2 Å². The number of nitrogens with one attached hydrogen (secondary N) is 1. The highest BCUT2D eigenvalue weighted by atomic mass is 79.9. The van der Waals surface area contributed by atoms with E-state index in [2.05, 4.69) is 44.1 Å². The molecule has 0 saturated heterocycles.